The first-order chi connectivity index (χ1) is 15.2. The van der Waals surface area contributed by atoms with Crippen molar-refractivity contribution in [2.75, 3.05) is 13.3 Å². The quantitative estimate of drug-likeness (QED) is 0.194. The second-order valence-corrected chi connectivity index (χ2v) is 10.0. The molecule has 2 heteroatoms. The summed E-state index contributed by atoms with van der Waals surface area (Å²) in [5.41, 5.74) is 2.83. The Labute approximate surface area is 214 Å². The Morgan fingerprint density at radius 2 is 1.34 bits per heavy atom. The number of rotatable bonds is 4. The molecule has 4 aromatic carbocycles. The van der Waals surface area contributed by atoms with Crippen molar-refractivity contribution in [1.29, 1.82) is 0 Å². The molecule has 1 aliphatic rings. The van der Waals surface area contributed by atoms with Crippen LogP contribution in [0.2, 0.25) is 0 Å². The zero-order chi connectivity index (χ0) is 21.7. The van der Waals surface area contributed by atoms with E-state index in [-0.39, 0.29) is 34.1 Å². The van der Waals surface area contributed by atoms with Crippen molar-refractivity contribution in [3.63, 3.8) is 0 Å². The average Bonchev–Trinajstić information content (AvgIpc) is 3.53. The molecule has 0 spiro atoms. The molecule has 4 aromatic rings. The predicted octanol–water partition coefficient (Wildman–Crippen LogP) is 7.70. The zero-order valence-corrected chi connectivity index (χ0v) is 22.4. The van der Waals surface area contributed by atoms with E-state index in [1.807, 2.05) is 12.2 Å². The minimum atomic E-state index is 0. The van der Waals surface area contributed by atoms with Gasteiger partial charge in [0, 0.05) is 0 Å². The molecule has 0 fully saturated rings. The van der Waals surface area contributed by atoms with Gasteiger partial charge >= 0.3 is 26.2 Å². The van der Waals surface area contributed by atoms with E-state index in [0.717, 1.165) is 19.3 Å². The van der Waals surface area contributed by atoms with Gasteiger partial charge in [0.15, 0.2) is 0 Å². The van der Waals surface area contributed by atoms with Gasteiger partial charge in [-0.1, -0.05) is 66.7 Å². The summed E-state index contributed by atoms with van der Waals surface area (Å²) in [6.45, 7) is 4.59. The first-order valence-corrected chi connectivity index (χ1v) is 13.1. The molecule has 0 radical (unpaired) electrons. The normalized spacial score (nSPS) is 11.3. The van der Waals surface area contributed by atoms with Crippen molar-refractivity contribution in [3.8, 4) is 0 Å². The number of fused-ring (bicyclic) bond motifs is 1. The average molecular weight is 514 g/mol. The smallest absolute Gasteiger partial charge is 0.273 e. The summed E-state index contributed by atoms with van der Waals surface area (Å²) in [6.07, 6.45) is 12.3. The monoisotopic (exact) mass is 512 g/mol. The SMILES string of the molecule is CP(C)c1cc2ccccc2[cH-]1.[C-]1=CC=CC1.[Zr+2].c1ccc(CCc2ccccc2)cc1. The van der Waals surface area contributed by atoms with Crippen molar-refractivity contribution < 1.29 is 26.2 Å². The van der Waals surface area contributed by atoms with Crippen LogP contribution in [-0.2, 0) is 39.0 Å². The third kappa shape index (κ3) is 9.28. The Hall–Kier alpha value is -1.94. The van der Waals surface area contributed by atoms with E-state index in [9.17, 15) is 0 Å². The largest absolute Gasteiger partial charge is 2.00 e. The van der Waals surface area contributed by atoms with Crippen LogP contribution in [0.25, 0.3) is 10.8 Å². The van der Waals surface area contributed by atoms with Crippen LogP contribution in [-0.4, -0.2) is 13.3 Å². The third-order valence-electron chi connectivity index (χ3n) is 5.09. The van der Waals surface area contributed by atoms with E-state index in [0.29, 0.717) is 0 Å². The summed E-state index contributed by atoms with van der Waals surface area (Å²) < 4.78 is 0. The van der Waals surface area contributed by atoms with Crippen LogP contribution in [0.5, 0.6) is 0 Å². The number of hydrogen-bond donors (Lipinski definition) is 0. The molecular formula is C30H31PZr. The van der Waals surface area contributed by atoms with E-state index < -0.39 is 0 Å². The van der Waals surface area contributed by atoms with Gasteiger partial charge in [-0.3, -0.25) is 6.08 Å². The summed E-state index contributed by atoms with van der Waals surface area (Å²) in [7, 11) is 0.0576. The molecule has 160 valence electrons. The molecule has 0 heterocycles. The minimum Gasteiger partial charge on any atom is -0.273 e. The summed E-state index contributed by atoms with van der Waals surface area (Å²) in [4.78, 5) is 0. The van der Waals surface area contributed by atoms with E-state index in [2.05, 4.69) is 123 Å². The fraction of sp³-hybridized carbons (Fsp3) is 0.167. The van der Waals surface area contributed by atoms with E-state index in [4.69, 9.17) is 0 Å². The molecule has 0 aliphatic heterocycles. The maximum absolute atomic E-state index is 2.99. The third-order valence-corrected chi connectivity index (χ3v) is 6.38. The van der Waals surface area contributed by atoms with Crippen LogP contribution in [0.15, 0.2) is 115 Å². The van der Waals surface area contributed by atoms with Gasteiger partial charge in [0.25, 0.3) is 0 Å². The molecule has 0 nitrogen and oxygen atoms in total. The maximum Gasteiger partial charge on any atom is 2.00 e. The molecule has 0 saturated carbocycles. The van der Waals surface area contributed by atoms with Gasteiger partial charge in [0.1, 0.15) is 0 Å². The van der Waals surface area contributed by atoms with Crippen molar-refractivity contribution in [3.05, 3.63) is 132 Å². The fourth-order valence-corrected chi connectivity index (χ4v) is 4.11. The topological polar surface area (TPSA) is 0 Å². The van der Waals surface area contributed by atoms with Gasteiger partial charge in [-0.2, -0.15) is 12.1 Å². The molecule has 0 atom stereocenters. The van der Waals surface area contributed by atoms with Gasteiger partial charge in [-0.05, 0) is 37.3 Å². The molecule has 32 heavy (non-hydrogen) atoms. The molecular weight excluding hydrogens is 483 g/mol. The molecule has 0 aromatic heterocycles. The number of aryl methyl sites for hydroxylation is 2. The number of hydrogen-bond acceptors (Lipinski definition) is 0. The Bertz CT molecular complexity index is 993. The summed E-state index contributed by atoms with van der Waals surface area (Å²) in [6, 6.07) is 34.4. The van der Waals surface area contributed by atoms with Crippen LogP contribution in [0.1, 0.15) is 17.5 Å². The number of benzene rings is 3. The molecule has 0 bridgehead atoms. The molecule has 0 N–H and O–H groups in total. The fourth-order valence-electron chi connectivity index (χ4n) is 3.31. The van der Waals surface area contributed by atoms with Gasteiger partial charge in [0.05, 0.1) is 0 Å². The van der Waals surface area contributed by atoms with Crippen LogP contribution in [0.3, 0.4) is 0 Å². The van der Waals surface area contributed by atoms with Crippen LogP contribution >= 0.6 is 7.92 Å². The maximum atomic E-state index is 2.99. The summed E-state index contributed by atoms with van der Waals surface area (Å²) in [5.74, 6) is 0. The van der Waals surface area contributed by atoms with Crippen LogP contribution in [0.4, 0.5) is 0 Å². The van der Waals surface area contributed by atoms with Gasteiger partial charge in [-0.15, -0.1) is 54.7 Å². The van der Waals surface area contributed by atoms with Crippen LogP contribution < -0.4 is 5.30 Å². The van der Waals surface area contributed by atoms with E-state index in [1.54, 1.807) is 0 Å². The molecule has 0 amide bonds. The molecule has 1 aliphatic carbocycles. The minimum absolute atomic E-state index is 0. The van der Waals surface area contributed by atoms with Crippen LogP contribution in [0, 0.1) is 6.08 Å². The van der Waals surface area contributed by atoms with Gasteiger partial charge in [-0.25, -0.2) is 12.2 Å². The second kappa shape index (κ2) is 15.0. The van der Waals surface area contributed by atoms with E-state index >= 15 is 0 Å². The van der Waals surface area contributed by atoms with Crippen molar-refractivity contribution in [1.82, 2.24) is 0 Å². The Morgan fingerprint density at radius 3 is 1.78 bits per heavy atom. The van der Waals surface area contributed by atoms with E-state index in [1.165, 1.54) is 27.2 Å². The predicted molar refractivity (Wildman–Crippen MR) is 140 cm³/mol. The molecule has 5 rings (SSSR count). The summed E-state index contributed by atoms with van der Waals surface area (Å²) in [5, 5.41) is 4.26. The first kappa shape index (κ1) is 26.3. The van der Waals surface area contributed by atoms with Crippen molar-refractivity contribution in [2.45, 2.75) is 19.3 Å². The zero-order valence-electron chi connectivity index (χ0n) is 19.0. The van der Waals surface area contributed by atoms with Gasteiger partial charge in [0.2, 0.25) is 0 Å². The number of allylic oxidation sites excluding steroid dienone is 4. The first-order valence-electron chi connectivity index (χ1n) is 10.8. The van der Waals surface area contributed by atoms with Gasteiger partial charge < -0.3 is 0 Å². The second-order valence-electron chi connectivity index (χ2n) is 7.71. The Kier molecular flexibility index (Phi) is 12.3. The molecule has 0 saturated heterocycles. The Balaban J connectivity index is 0.000000184. The Morgan fingerprint density at radius 1 is 0.781 bits per heavy atom. The standard InChI is InChI=1S/C14H14.C11H12P.C5H5.Zr/c1-3-7-13(8-4-1)11-12-14-9-5-2-6-10-14;1-12(2)11-7-9-5-3-4-6-10(9)8-11;1-2-4-5-3-1;/h1-10H,11-12H2;3-8H,1-2H3;1-3H,4H2;/q;2*-1;+2. The van der Waals surface area contributed by atoms with Crippen molar-refractivity contribution in [2.24, 2.45) is 0 Å². The van der Waals surface area contributed by atoms with Crippen molar-refractivity contribution >= 4 is 24.0 Å². The molecule has 0 unspecified atom stereocenters. The summed E-state index contributed by atoms with van der Waals surface area (Å²) >= 11 is 0.